The Morgan fingerprint density at radius 2 is 2.39 bits per heavy atom. The van der Waals surface area contributed by atoms with Gasteiger partial charge in [0.05, 0.1) is 4.92 Å². The van der Waals surface area contributed by atoms with E-state index in [1.807, 2.05) is 0 Å². The largest absolute Gasteiger partial charge is 0.363 e. The SMILES string of the molecule is C[C@H](CNc1nccc(C#N)c1[N+](=O)[O-])[S@](C)=O. The number of nitrogens with zero attached hydrogens (tertiary/aromatic N) is 3. The van der Waals surface area contributed by atoms with E-state index in [9.17, 15) is 14.3 Å². The molecule has 7 nitrogen and oxygen atoms in total. The van der Waals surface area contributed by atoms with Crippen molar-refractivity contribution in [3.05, 3.63) is 27.9 Å². The molecule has 0 saturated heterocycles. The van der Waals surface area contributed by atoms with Gasteiger partial charge in [0.1, 0.15) is 11.6 Å². The topological polar surface area (TPSA) is 109 Å². The van der Waals surface area contributed by atoms with Crippen molar-refractivity contribution in [2.24, 2.45) is 0 Å². The molecule has 8 heteroatoms. The second-order valence-corrected chi connectivity index (χ2v) is 5.42. The van der Waals surface area contributed by atoms with Crippen LogP contribution in [0, 0.1) is 21.4 Å². The summed E-state index contributed by atoms with van der Waals surface area (Å²) >= 11 is 0. The monoisotopic (exact) mass is 268 g/mol. The van der Waals surface area contributed by atoms with Crippen LogP contribution in [0.15, 0.2) is 12.3 Å². The molecule has 0 aliphatic carbocycles. The minimum absolute atomic E-state index is 0.0244. The van der Waals surface area contributed by atoms with Gasteiger partial charge in [0.25, 0.3) is 0 Å². The minimum atomic E-state index is -1.03. The molecule has 18 heavy (non-hydrogen) atoms. The summed E-state index contributed by atoms with van der Waals surface area (Å²) in [5.74, 6) is 0.0244. The third kappa shape index (κ3) is 3.24. The normalized spacial score (nSPS) is 13.4. The smallest absolute Gasteiger partial charge is 0.328 e. The first-order chi connectivity index (χ1) is 8.47. The van der Waals surface area contributed by atoms with E-state index in [1.54, 1.807) is 19.2 Å². The van der Waals surface area contributed by atoms with Gasteiger partial charge in [0.15, 0.2) is 0 Å². The zero-order chi connectivity index (χ0) is 13.7. The second-order valence-electron chi connectivity index (χ2n) is 3.61. The summed E-state index contributed by atoms with van der Waals surface area (Å²) in [7, 11) is -1.03. The quantitative estimate of drug-likeness (QED) is 0.631. The lowest BCUT2D eigenvalue weighted by Crippen LogP contribution is -2.21. The lowest BCUT2D eigenvalue weighted by Gasteiger charge is -2.10. The molecule has 0 saturated carbocycles. The molecule has 1 N–H and O–H groups in total. The van der Waals surface area contributed by atoms with Crippen LogP contribution in [0.1, 0.15) is 12.5 Å². The molecule has 0 aliphatic heterocycles. The van der Waals surface area contributed by atoms with Gasteiger partial charge < -0.3 is 5.32 Å². The summed E-state index contributed by atoms with van der Waals surface area (Å²) in [4.78, 5) is 14.1. The maximum Gasteiger partial charge on any atom is 0.328 e. The van der Waals surface area contributed by atoms with Crippen LogP contribution < -0.4 is 5.32 Å². The van der Waals surface area contributed by atoms with E-state index in [1.165, 1.54) is 12.3 Å². The second kappa shape index (κ2) is 6.07. The molecule has 1 rings (SSSR count). The van der Waals surface area contributed by atoms with Gasteiger partial charge in [-0.1, -0.05) is 0 Å². The predicted molar refractivity (Wildman–Crippen MR) is 67.6 cm³/mol. The van der Waals surface area contributed by atoms with Crippen LogP contribution in [0.5, 0.6) is 0 Å². The maximum atomic E-state index is 11.2. The lowest BCUT2D eigenvalue weighted by molar-refractivity contribution is -0.384. The third-order valence-electron chi connectivity index (χ3n) is 2.35. The molecule has 0 spiro atoms. The highest BCUT2D eigenvalue weighted by atomic mass is 32.2. The molecule has 1 aromatic heterocycles. The van der Waals surface area contributed by atoms with Gasteiger partial charge in [-0.25, -0.2) is 4.98 Å². The van der Waals surface area contributed by atoms with Crippen molar-refractivity contribution in [1.29, 1.82) is 5.26 Å². The molecular formula is C10H12N4O3S. The van der Waals surface area contributed by atoms with E-state index in [2.05, 4.69) is 10.3 Å². The summed E-state index contributed by atoms with van der Waals surface area (Å²) in [6.45, 7) is 2.04. The number of hydrogen-bond acceptors (Lipinski definition) is 6. The van der Waals surface area contributed by atoms with Crippen LogP contribution in [-0.2, 0) is 10.8 Å². The van der Waals surface area contributed by atoms with Gasteiger partial charge in [-0.15, -0.1) is 0 Å². The number of nitrogens with one attached hydrogen (secondary N) is 1. The Kier molecular flexibility index (Phi) is 4.74. The van der Waals surface area contributed by atoms with Crippen LogP contribution in [0.25, 0.3) is 0 Å². The van der Waals surface area contributed by atoms with Gasteiger partial charge >= 0.3 is 5.69 Å². The Hall–Kier alpha value is -2.01. The Bertz CT molecular complexity index is 526. The van der Waals surface area contributed by atoms with E-state index in [4.69, 9.17) is 5.26 Å². The zero-order valence-electron chi connectivity index (χ0n) is 9.91. The molecule has 0 radical (unpaired) electrons. The fourth-order valence-corrected chi connectivity index (χ4v) is 1.53. The van der Waals surface area contributed by atoms with Crippen molar-refractivity contribution in [3.63, 3.8) is 0 Å². The average Bonchev–Trinajstić information content (AvgIpc) is 2.34. The molecule has 1 aromatic rings. The van der Waals surface area contributed by atoms with Gasteiger partial charge in [0.2, 0.25) is 5.82 Å². The number of rotatable bonds is 5. The molecule has 0 unspecified atom stereocenters. The summed E-state index contributed by atoms with van der Waals surface area (Å²) in [6, 6.07) is 3.03. The first-order valence-electron chi connectivity index (χ1n) is 5.07. The van der Waals surface area contributed by atoms with Gasteiger partial charge in [-0.3, -0.25) is 14.3 Å². The van der Waals surface area contributed by atoms with Crippen molar-refractivity contribution in [1.82, 2.24) is 4.98 Å². The summed E-state index contributed by atoms with van der Waals surface area (Å²) in [5.41, 5.74) is -0.406. The van der Waals surface area contributed by atoms with Crippen LogP contribution in [0.2, 0.25) is 0 Å². The van der Waals surface area contributed by atoms with E-state index >= 15 is 0 Å². The molecule has 2 atom stereocenters. The van der Waals surface area contributed by atoms with E-state index in [0.717, 1.165) is 0 Å². The molecule has 0 bridgehead atoms. The fourth-order valence-electron chi connectivity index (χ4n) is 1.22. The predicted octanol–water partition coefficient (Wildman–Crippen LogP) is 1.04. The number of aromatic nitrogens is 1. The number of nitriles is 1. The highest BCUT2D eigenvalue weighted by Gasteiger charge is 2.21. The Morgan fingerprint density at radius 3 is 2.89 bits per heavy atom. The average molecular weight is 268 g/mol. The zero-order valence-corrected chi connectivity index (χ0v) is 10.7. The molecule has 1 heterocycles. The first-order valence-corrected chi connectivity index (χ1v) is 6.69. The summed E-state index contributed by atoms with van der Waals surface area (Å²) in [5, 5.41) is 22.3. The Labute approximate surface area is 106 Å². The van der Waals surface area contributed by atoms with Crippen LogP contribution in [-0.4, -0.2) is 32.2 Å². The highest BCUT2D eigenvalue weighted by molar-refractivity contribution is 7.84. The van der Waals surface area contributed by atoms with Gasteiger partial charge in [0, 0.05) is 35.0 Å². The van der Waals surface area contributed by atoms with E-state index in [0.29, 0.717) is 0 Å². The van der Waals surface area contributed by atoms with Crippen molar-refractivity contribution in [2.45, 2.75) is 12.2 Å². The van der Waals surface area contributed by atoms with Crippen molar-refractivity contribution in [3.8, 4) is 6.07 Å². The van der Waals surface area contributed by atoms with E-state index in [-0.39, 0.29) is 28.9 Å². The number of anilines is 1. The molecule has 96 valence electrons. The summed E-state index contributed by atoms with van der Waals surface area (Å²) < 4.78 is 11.2. The fraction of sp³-hybridized carbons (Fsp3) is 0.400. The van der Waals surface area contributed by atoms with Crippen LogP contribution >= 0.6 is 0 Å². The molecule has 0 aliphatic rings. The van der Waals surface area contributed by atoms with Crippen molar-refractivity contribution >= 4 is 22.3 Å². The standard InChI is InChI=1S/C10H12N4O3S/c1-7(18(2)17)6-13-10-9(14(15)16)8(5-11)3-4-12-10/h3-4,7H,6H2,1-2H3,(H,12,13)/t7-,18+/m1/s1. The highest BCUT2D eigenvalue weighted by Crippen LogP contribution is 2.25. The minimum Gasteiger partial charge on any atom is -0.363 e. The first kappa shape index (κ1) is 14.1. The van der Waals surface area contributed by atoms with E-state index < -0.39 is 15.7 Å². The molecule has 0 amide bonds. The number of pyridine rings is 1. The summed E-state index contributed by atoms with van der Waals surface area (Å²) in [6.07, 6.45) is 2.88. The maximum absolute atomic E-state index is 11.2. The third-order valence-corrected chi connectivity index (χ3v) is 3.65. The Morgan fingerprint density at radius 1 is 1.72 bits per heavy atom. The lowest BCUT2D eigenvalue weighted by atomic mass is 10.2. The van der Waals surface area contributed by atoms with Gasteiger partial charge in [-0.05, 0) is 13.0 Å². The molecular weight excluding hydrogens is 256 g/mol. The van der Waals surface area contributed by atoms with Crippen molar-refractivity contribution < 1.29 is 9.13 Å². The van der Waals surface area contributed by atoms with Crippen molar-refractivity contribution in [2.75, 3.05) is 18.1 Å². The molecule has 0 aromatic carbocycles. The number of nitro groups is 1. The van der Waals surface area contributed by atoms with Crippen LogP contribution in [0.4, 0.5) is 11.5 Å². The Balaban J connectivity index is 2.99. The van der Waals surface area contributed by atoms with Gasteiger partial charge in [-0.2, -0.15) is 5.26 Å². The number of hydrogen-bond donors (Lipinski definition) is 1. The molecule has 0 fully saturated rings. The van der Waals surface area contributed by atoms with Crippen LogP contribution in [0.3, 0.4) is 0 Å².